The predicted octanol–water partition coefficient (Wildman–Crippen LogP) is 1.94. The summed E-state index contributed by atoms with van der Waals surface area (Å²) in [5.74, 6) is 0. The third kappa shape index (κ3) is 3.27. The molecule has 14 heavy (non-hydrogen) atoms. The topological polar surface area (TPSA) is 51.8 Å². The van der Waals surface area contributed by atoms with Crippen molar-refractivity contribution < 1.29 is 0 Å². The first kappa shape index (κ1) is 11.5. The second-order valence-electron chi connectivity index (χ2n) is 4.26. The summed E-state index contributed by atoms with van der Waals surface area (Å²) in [6, 6.07) is 1.92. The van der Waals surface area contributed by atoms with Crippen molar-refractivity contribution in [3.63, 3.8) is 0 Å². The lowest BCUT2D eigenvalue weighted by Gasteiger charge is -2.28. The van der Waals surface area contributed by atoms with Gasteiger partial charge in [0.1, 0.15) is 6.33 Å². The normalized spacial score (nSPS) is 14.0. The smallest absolute Gasteiger partial charge is 0.116 e. The Labute approximate surface area is 89.5 Å². The first-order valence-electron chi connectivity index (χ1n) is 4.67. The van der Waals surface area contributed by atoms with Crippen molar-refractivity contribution in [1.29, 1.82) is 0 Å². The molecule has 1 aromatic rings. The molecular formula is C10H17N3S. The van der Waals surface area contributed by atoms with E-state index in [4.69, 9.17) is 5.73 Å². The minimum Gasteiger partial charge on any atom is -0.329 e. The van der Waals surface area contributed by atoms with Crippen LogP contribution >= 0.6 is 11.8 Å². The van der Waals surface area contributed by atoms with Gasteiger partial charge in [-0.3, -0.25) is 0 Å². The third-order valence-corrected chi connectivity index (χ3v) is 3.66. The van der Waals surface area contributed by atoms with Gasteiger partial charge in [0.2, 0.25) is 0 Å². The van der Waals surface area contributed by atoms with Gasteiger partial charge in [-0.25, -0.2) is 9.97 Å². The molecule has 2 N–H and O–H groups in total. The molecule has 0 saturated heterocycles. The van der Waals surface area contributed by atoms with Gasteiger partial charge in [-0.1, -0.05) is 20.8 Å². The summed E-state index contributed by atoms with van der Waals surface area (Å²) in [6.07, 6.45) is 3.32. The van der Waals surface area contributed by atoms with E-state index < -0.39 is 0 Å². The highest BCUT2D eigenvalue weighted by atomic mass is 32.2. The van der Waals surface area contributed by atoms with Gasteiger partial charge < -0.3 is 5.73 Å². The molecule has 0 aromatic carbocycles. The van der Waals surface area contributed by atoms with Gasteiger partial charge in [0.05, 0.1) is 5.03 Å². The van der Waals surface area contributed by atoms with E-state index in [1.165, 1.54) is 0 Å². The molecule has 1 atom stereocenters. The lowest BCUT2D eigenvalue weighted by molar-refractivity contribution is 0.398. The zero-order chi connectivity index (χ0) is 10.6. The van der Waals surface area contributed by atoms with Crippen molar-refractivity contribution >= 4 is 11.8 Å². The van der Waals surface area contributed by atoms with Gasteiger partial charge in [-0.05, 0) is 11.5 Å². The van der Waals surface area contributed by atoms with Crippen LogP contribution in [0.2, 0.25) is 0 Å². The Kier molecular flexibility index (Phi) is 3.89. The molecule has 1 heterocycles. The van der Waals surface area contributed by atoms with Crippen LogP contribution in [0.1, 0.15) is 20.8 Å². The maximum atomic E-state index is 5.74. The van der Waals surface area contributed by atoms with E-state index in [1.54, 1.807) is 24.3 Å². The van der Waals surface area contributed by atoms with E-state index in [0.717, 1.165) is 5.03 Å². The Balaban J connectivity index is 2.67. The molecule has 0 amide bonds. The summed E-state index contributed by atoms with van der Waals surface area (Å²) >= 11 is 1.72. The Hall–Kier alpha value is -0.610. The Morgan fingerprint density at radius 3 is 2.64 bits per heavy atom. The zero-order valence-corrected chi connectivity index (χ0v) is 9.71. The number of aromatic nitrogens is 2. The fourth-order valence-electron chi connectivity index (χ4n) is 1.07. The molecule has 1 aromatic heterocycles. The highest BCUT2D eigenvalue weighted by Gasteiger charge is 2.24. The first-order valence-corrected chi connectivity index (χ1v) is 5.54. The second kappa shape index (κ2) is 4.75. The fraction of sp³-hybridized carbons (Fsp3) is 0.600. The quantitative estimate of drug-likeness (QED) is 0.613. The van der Waals surface area contributed by atoms with Gasteiger partial charge in [0, 0.05) is 18.0 Å². The van der Waals surface area contributed by atoms with Crippen LogP contribution in [-0.2, 0) is 0 Å². The molecule has 0 saturated carbocycles. The summed E-state index contributed by atoms with van der Waals surface area (Å²) in [7, 11) is 0. The van der Waals surface area contributed by atoms with Gasteiger partial charge in [-0.15, -0.1) is 11.8 Å². The lowest BCUT2D eigenvalue weighted by Crippen LogP contribution is -2.30. The van der Waals surface area contributed by atoms with E-state index in [1.807, 2.05) is 6.07 Å². The van der Waals surface area contributed by atoms with Gasteiger partial charge >= 0.3 is 0 Å². The SMILES string of the molecule is CC(C)(C)C(CN)Sc1ccncn1. The summed E-state index contributed by atoms with van der Waals surface area (Å²) in [5.41, 5.74) is 5.94. The van der Waals surface area contributed by atoms with Crippen molar-refractivity contribution in [1.82, 2.24) is 9.97 Å². The van der Waals surface area contributed by atoms with E-state index in [2.05, 4.69) is 30.7 Å². The number of rotatable bonds is 3. The van der Waals surface area contributed by atoms with Crippen LogP contribution in [0.3, 0.4) is 0 Å². The summed E-state index contributed by atoms with van der Waals surface area (Å²) < 4.78 is 0. The minimum atomic E-state index is 0.199. The highest BCUT2D eigenvalue weighted by molar-refractivity contribution is 7.99. The Morgan fingerprint density at radius 1 is 1.50 bits per heavy atom. The van der Waals surface area contributed by atoms with Crippen LogP contribution in [0.25, 0.3) is 0 Å². The van der Waals surface area contributed by atoms with Crippen LogP contribution in [-0.4, -0.2) is 21.8 Å². The van der Waals surface area contributed by atoms with E-state index in [0.29, 0.717) is 11.8 Å². The van der Waals surface area contributed by atoms with Gasteiger partial charge in [0.15, 0.2) is 0 Å². The van der Waals surface area contributed by atoms with E-state index >= 15 is 0 Å². The maximum Gasteiger partial charge on any atom is 0.116 e. The zero-order valence-electron chi connectivity index (χ0n) is 8.90. The number of hydrogen-bond donors (Lipinski definition) is 1. The lowest BCUT2D eigenvalue weighted by atomic mass is 9.92. The largest absolute Gasteiger partial charge is 0.329 e. The molecule has 1 unspecified atom stereocenters. The first-order chi connectivity index (χ1) is 6.54. The molecule has 0 bridgehead atoms. The molecule has 3 nitrogen and oxygen atoms in total. The average Bonchev–Trinajstić information content (AvgIpc) is 2.14. The molecule has 1 rings (SSSR count). The maximum absolute atomic E-state index is 5.74. The molecule has 78 valence electrons. The Bertz CT molecular complexity index is 268. The average molecular weight is 211 g/mol. The summed E-state index contributed by atoms with van der Waals surface area (Å²) in [4.78, 5) is 8.06. The van der Waals surface area contributed by atoms with Crippen molar-refractivity contribution in [2.24, 2.45) is 11.1 Å². The fourth-order valence-corrected chi connectivity index (χ4v) is 2.06. The number of nitrogens with zero attached hydrogens (tertiary/aromatic N) is 2. The van der Waals surface area contributed by atoms with Gasteiger partial charge in [0.25, 0.3) is 0 Å². The monoisotopic (exact) mass is 211 g/mol. The van der Waals surface area contributed by atoms with E-state index in [9.17, 15) is 0 Å². The highest BCUT2D eigenvalue weighted by Crippen LogP contribution is 2.33. The molecule has 0 aliphatic rings. The third-order valence-electron chi connectivity index (χ3n) is 2.00. The van der Waals surface area contributed by atoms with Crippen molar-refractivity contribution in [3.8, 4) is 0 Å². The van der Waals surface area contributed by atoms with Crippen LogP contribution in [0.4, 0.5) is 0 Å². The van der Waals surface area contributed by atoms with Crippen LogP contribution in [0.5, 0.6) is 0 Å². The number of thioether (sulfide) groups is 1. The van der Waals surface area contributed by atoms with Crippen molar-refractivity contribution in [2.45, 2.75) is 31.0 Å². The molecule has 0 aliphatic heterocycles. The van der Waals surface area contributed by atoms with Gasteiger partial charge in [-0.2, -0.15) is 0 Å². The van der Waals surface area contributed by atoms with Crippen LogP contribution in [0.15, 0.2) is 23.6 Å². The molecular weight excluding hydrogens is 194 g/mol. The number of nitrogens with two attached hydrogens (primary N) is 1. The van der Waals surface area contributed by atoms with Crippen molar-refractivity contribution in [3.05, 3.63) is 18.6 Å². The predicted molar refractivity (Wildman–Crippen MR) is 60.2 cm³/mol. The van der Waals surface area contributed by atoms with Crippen LogP contribution in [0, 0.1) is 5.41 Å². The molecule has 0 spiro atoms. The van der Waals surface area contributed by atoms with Crippen LogP contribution < -0.4 is 5.73 Å². The second-order valence-corrected chi connectivity index (χ2v) is 5.48. The minimum absolute atomic E-state index is 0.199. The molecule has 0 fully saturated rings. The number of hydrogen-bond acceptors (Lipinski definition) is 4. The molecule has 0 radical (unpaired) electrons. The molecule has 0 aliphatic carbocycles. The van der Waals surface area contributed by atoms with Crippen molar-refractivity contribution in [2.75, 3.05) is 6.54 Å². The summed E-state index contributed by atoms with van der Waals surface area (Å²) in [6.45, 7) is 7.24. The molecule has 4 heteroatoms. The summed E-state index contributed by atoms with van der Waals surface area (Å²) in [5, 5.41) is 1.38. The van der Waals surface area contributed by atoms with E-state index in [-0.39, 0.29) is 5.41 Å². The Morgan fingerprint density at radius 2 is 2.21 bits per heavy atom. The standard InChI is InChI=1S/C10H17N3S/c1-10(2,3)8(6-11)14-9-4-5-12-7-13-9/h4-5,7-8H,6,11H2,1-3H3.